The van der Waals surface area contributed by atoms with Crippen LogP contribution < -0.4 is 5.73 Å². The fourth-order valence-corrected chi connectivity index (χ4v) is 1.93. The number of nitrogens with zero attached hydrogens (tertiary/aromatic N) is 3. The highest BCUT2D eigenvalue weighted by atomic mass is 35.5. The molecule has 96 valence electrons. The maximum atomic E-state index is 7.60. The van der Waals surface area contributed by atoms with Gasteiger partial charge in [-0.15, -0.1) is 17.5 Å². The molecule has 0 aliphatic carbocycles. The van der Waals surface area contributed by atoms with Gasteiger partial charge in [-0.25, -0.2) is 4.68 Å². The molecule has 0 spiro atoms. The van der Waals surface area contributed by atoms with Crippen molar-refractivity contribution in [3.63, 3.8) is 0 Å². The molecule has 5 nitrogen and oxygen atoms in total. The first-order valence-electron chi connectivity index (χ1n) is 5.51. The highest BCUT2D eigenvalue weighted by Crippen LogP contribution is 2.18. The average molecular weight is 274 g/mol. The number of amidine groups is 1. The predicted octanol–water partition coefficient (Wildman–Crippen LogP) is 2.13. The molecule has 6 heteroatoms. The van der Waals surface area contributed by atoms with E-state index in [2.05, 4.69) is 10.3 Å². The van der Waals surface area contributed by atoms with E-state index in [-0.39, 0.29) is 18.2 Å². The van der Waals surface area contributed by atoms with E-state index in [4.69, 9.17) is 11.1 Å². The van der Waals surface area contributed by atoms with Crippen LogP contribution in [-0.4, -0.2) is 20.8 Å². The topological polar surface area (TPSA) is 80.6 Å². The van der Waals surface area contributed by atoms with Gasteiger partial charge in [0, 0.05) is 5.56 Å². The Labute approximate surface area is 116 Å². The van der Waals surface area contributed by atoms with Crippen LogP contribution in [0.15, 0.2) is 48.5 Å². The van der Waals surface area contributed by atoms with E-state index >= 15 is 0 Å². The third kappa shape index (κ3) is 2.15. The van der Waals surface area contributed by atoms with Gasteiger partial charge in [-0.1, -0.05) is 29.5 Å². The molecular formula is C13H12ClN5. The van der Waals surface area contributed by atoms with E-state index in [0.717, 1.165) is 16.7 Å². The van der Waals surface area contributed by atoms with Gasteiger partial charge in [-0.3, -0.25) is 5.41 Å². The first-order chi connectivity index (χ1) is 8.77. The van der Waals surface area contributed by atoms with Gasteiger partial charge in [0.25, 0.3) is 0 Å². The number of nitrogens with one attached hydrogen (secondary N) is 1. The van der Waals surface area contributed by atoms with Gasteiger partial charge in [0.2, 0.25) is 0 Å². The number of hydrogen-bond acceptors (Lipinski definition) is 3. The van der Waals surface area contributed by atoms with Gasteiger partial charge in [0.1, 0.15) is 11.4 Å². The number of benzene rings is 2. The third-order valence-corrected chi connectivity index (χ3v) is 2.77. The maximum absolute atomic E-state index is 7.60. The lowest BCUT2D eigenvalue weighted by Gasteiger charge is -2.07. The molecule has 0 fully saturated rings. The van der Waals surface area contributed by atoms with Crippen LogP contribution in [0.4, 0.5) is 0 Å². The van der Waals surface area contributed by atoms with Crippen molar-refractivity contribution < 1.29 is 0 Å². The number of hydrogen-bond donors (Lipinski definition) is 2. The molecule has 0 unspecified atom stereocenters. The molecule has 0 bridgehead atoms. The fraction of sp³-hybridized carbons (Fsp3) is 0. The highest BCUT2D eigenvalue weighted by Gasteiger charge is 2.10. The standard InChI is InChI=1S/C13H11N5.ClH/c14-13(15)9-5-1-3-7-11(9)18-12-8-4-2-6-10(12)16-17-18;/h1-8H,(H3,14,15);1H. The minimum atomic E-state index is 0. The molecule has 2 aromatic carbocycles. The van der Waals surface area contributed by atoms with Crippen LogP contribution in [0.1, 0.15) is 5.56 Å². The Morgan fingerprint density at radius 1 is 1.05 bits per heavy atom. The number of nitrogens with two attached hydrogens (primary N) is 1. The second kappa shape index (κ2) is 5.07. The first kappa shape index (κ1) is 13.0. The van der Waals surface area contributed by atoms with Crippen LogP contribution in [0, 0.1) is 5.41 Å². The monoisotopic (exact) mass is 273 g/mol. The van der Waals surface area contributed by atoms with Crippen molar-refractivity contribution >= 4 is 29.3 Å². The van der Waals surface area contributed by atoms with Crippen molar-refractivity contribution in [2.45, 2.75) is 0 Å². The average Bonchev–Trinajstić information content (AvgIpc) is 2.82. The molecule has 1 aromatic heterocycles. The van der Waals surface area contributed by atoms with E-state index < -0.39 is 0 Å². The van der Waals surface area contributed by atoms with E-state index in [1.807, 2.05) is 42.5 Å². The quantitative estimate of drug-likeness (QED) is 0.554. The third-order valence-electron chi connectivity index (χ3n) is 2.77. The lowest BCUT2D eigenvalue weighted by molar-refractivity contribution is 0.822. The second-order valence-electron chi connectivity index (χ2n) is 3.92. The predicted molar refractivity (Wildman–Crippen MR) is 77.1 cm³/mol. The minimum absolute atomic E-state index is 0. The molecule has 1 heterocycles. The zero-order valence-electron chi connectivity index (χ0n) is 9.95. The number of fused-ring (bicyclic) bond motifs is 1. The summed E-state index contributed by atoms with van der Waals surface area (Å²) in [5.41, 5.74) is 8.71. The first-order valence-corrected chi connectivity index (χ1v) is 5.51. The zero-order chi connectivity index (χ0) is 12.5. The molecule has 3 aromatic rings. The minimum Gasteiger partial charge on any atom is -0.384 e. The Morgan fingerprint density at radius 3 is 2.53 bits per heavy atom. The summed E-state index contributed by atoms with van der Waals surface area (Å²) in [5, 5.41) is 15.8. The fourth-order valence-electron chi connectivity index (χ4n) is 1.93. The Morgan fingerprint density at radius 2 is 1.74 bits per heavy atom. The van der Waals surface area contributed by atoms with Gasteiger partial charge in [-0.05, 0) is 24.3 Å². The molecule has 0 atom stereocenters. The molecule has 0 radical (unpaired) electrons. The van der Waals surface area contributed by atoms with E-state index in [1.54, 1.807) is 10.7 Å². The zero-order valence-corrected chi connectivity index (χ0v) is 10.8. The normalized spacial score (nSPS) is 10.1. The van der Waals surface area contributed by atoms with Crippen LogP contribution in [0.3, 0.4) is 0 Å². The van der Waals surface area contributed by atoms with Crippen molar-refractivity contribution in [1.82, 2.24) is 15.0 Å². The summed E-state index contributed by atoms with van der Waals surface area (Å²) < 4.78 is 1.70. The van der Waals surface area contributed by atoms with Crippen LogP contribution in [0.2, 0.25) is 0 Å². The summed E-state index contributed by atoms with van der Waals surface area (Å²) in [6.45, 7) is 0. The van der Waals surface area contributed by atoms with Gasteiger partial charge in [-0.2, -0.15) is 0 Å². The number of halogens is 1. The Hall–Kier alpha value is -2.40. The van der Waals surface area contributed by atoms with Crippen LogP contribution in [0.25, 0.3) is 16.7 Å². The van der Waals surface area contributed by atoms with Crippen LogP contribution >= 0.6 is 12.4 Å². The SMILES string of the molecule is Cl.N=C(N)c1ccccc1-n1nnc2ccccc21. The second-order valence-corrected chi connectivity index (χ2v) is 3.92. The van der Waals surface area contributed by atoms with Crippen molar-refractivity contribution in [2.24, 2.45) is 5.73 Å². The summed E-state index contributed by atoms with van der Waals surface area (Å²) in [6, 6.07) is 15.1. The molecule has 0 saturated heterocycles. The largest absolute Gasteiger partial charge is 0.384 e. The van der Waals surface area contributed by atoms with E-state index in [0.29, 0.717) is 5.56 Å². The summed E-state index contributed by atoms with van der Waals surface area (Å²) in [5.74, 6) is 0.0187. The van der Waals surface area contributed by atoms with E-state index in [9.17, 15) is 0 Å². The number of para-hydroxylation sites is 2. The van der Waals surface area contributed by atoms with Crippen molar-refractivity contribution in [1.29, 1.82) is 5.41 Å². The lowest BCUT2D eigenvalue weighted by atomic mass is 10.1. The van der Waals surface area contributed by atoms with Crippen LogP contribution in [0.5, 0.6) is 0 Å². The number of nitrogen functional groups attached to an aromatic ring is 1. The molecule has 0 aliphatic rings. The Balaban J connectivity index is 0.00000133. The molecule has 0 aliphatic heterocycles. The summed E-state index contributed by atoms with van der Waals surface area (Å²) in [6.07, 6.45) is 0. The van der Waals surface area contributed by atoms with Gasteiger partial charge >= 0.3 is 0 Å². The number of aromatic nitrogens is 3. The van der Waals surface area contributed by atoms with Gasteiger partial charge in [0.05, 0.1) is 11.2 Å². The molecule has 0 amide bonds. The van der Waals surface area contributed by atoms with Crippen molar-refractivity contribution in [3.05, 3.63) is 54.1 Å². The van der Waals surface area contributed by atoms with Crippen molar-refractivity contribution in [3.8, 4) is 5.69 Å². The Bertz CT molecular complexity index is 734. The van der Waals surface area contributed by atoms with Gasteiger partial charge in [0.15, 0.2) is 0 Å². The summed E-state index contributed by atoms with van der Waals surface area (Å²) >= 11 is 0. The lowest BCUT2D eigenvalue weighted by Crippen LogP contribution is -2.15. The molecule has 0 saturated carbocycles. The number of rotatable bonds is 2. The Kier molecular flexibility index (Phi) is 3.48. The molecule has 19 heavy (non-hydrogen) atoms. The maximum Gasteiger partial charge on any atom is 0.124 e. The molecular weight excluding hydrogens is 262 g/mol. The summed E-state index contributed by atoms with van der Waals surface area (Å²) in [7, 11) is 0. The molecule has 3 N–H and O–H groups in total. The van der Waals surface area contributed by atoms with Crippen molar-refractivity contribution in [2.75, 3.05) is 0 Å². The van der Waals surface area contributed by atoms with Crippen LogP contribution in [-0.2, 0) is 0 Å². The highest BCUT2D eigenvalue weighted by molar-refractivity contribution is 5.99. The smallest absolute Gasteiger partial charge is 0.124 e. The van der Waals surface area contributed by atoms with Gasteiger partial charge < -0.3 is 5.73 Å². The van der Waals surface area contributed by atoms with E-state index in [1.165, 1.54) is 0 Å². The summed E-state index contributed by atoms with van der Waals surface area (Å²) in [4.78, 5) is 0. The molecule has 3 rings (SSSR count).